The van der Waals surface area contributed by atoms with E-state index in [0.717, 1.165) is 5.56 Å². The van der Waals surface area contributed by atoms with Gasteiger partial charge in [0.1, 0.15) is 12.3 Å². The predicted molar refractivity (Wildman–Crippen MR) is 93.6 cm³/mol. The summed E-state index contributed by atoms with van der Waals surface area (Å²) in [5, 5.41) is 4.03. The number of rotatable bonds is 3. The van der Waals surface area contributed by atoms with Crippen LogP contribution in [0.15, 0.2) is 47.0 Å². The number of amides is 1. The number of hydrogen-bond donors (Lipinski definition) is 0. The number of anilines is 1. The Morgan fingerprint density at radius 2 is 1.96 bits per heavy atom. The van der Waals surface area contributed by atoms with Crippen LogP contribution in [0, 0.1) is 0 Å². The first kappa shape index (κ1) is 15.7. The highest BCUT2D eigenvalue weighted by Crippen LogP contribution is 2.36. The Bertz CT molecular complexity index is 1030. The van der Waals surface area contributed by atoms with Crippen molar-refractivity contribution in [2.75, 3.05) is 11.7 Å². The molecule has 27 heavy (non-hydrogen) atoms. The largest absolute Gasteiger partial charge is 0.479 e. The second kappa shape index (κ2) is 6.01. The fourth-order valence-electron chi connectivity index (χ4n) is 3.13. The normalized spacial score (nSPS) is 17.6. The van der Waals surface area contributed by atoms with Gasteiger partial charge in [0.15, 0.2) is 17.6 Å². The molecule has 0 unspecified atom stereocenters. The minimum Gasteiger partial charge on any atom is -0.479 e. The molecule has 0 saturated carbocycles. The van der Waals surface area contributed by atoms with Crippen LogP contribution in [0.2, 0.25) is 0 Å². The molecule has 1 amide bonds. The number of carbonyl (C=O) groups excluding carboxylic acids is 1. The molecular formula is C19H15N3O5. The van der Waals surface area contributed by atoms with E-state index in [-0.39, 0.29) is 19.2 Å². The van der Waals surface area contributed by atoms with Crippen LogP contribution < -0.4 is 19.1 Å². The second-order valence-electron chi connectivity index (χ2n) is 6.23. The molecule has 2 aliphatic rings. The molecule has 0 radical (unpaired) electrons. The number of hydrogen-bond acceptors (Lipinski definition) is 7. The lowest BCUT2D eigenvalue weighted by Gasteiger charge is -2.31. The number of nitrogens with zero attached hydrogens (tertiary/aromatic N) is 3. The van der Waals surface area contributed by atoms with E-state index in [4.69, 9.17) is 18.7 Å². The fraction of sp³-hybridized carbons (Fsp3) is 0.211. The zero-order valence-corrected chi connectivity index (χ0v) is 14.4. The van der Waals surface area contributed by atoms with Gasteiger partial charge in [-0.2, -0.15) is 4.98 Å². The Balaban J connectivity index is 1.43. The highest BCUT2D eigenvalue weighted by molar-refractivity contribution is 5.99. The Kier molecular flexibility index (Phi) is 3.49. The molecule has 1 atom stereocenters. The van der Waals surface area contributed by atoms with Crippen molar-refractivity contribution in [3.63, 3.8) is 0 Å². The van der Waals surface area contributed by atoms with Crippen molar-refractivity contribution in [1.29, 1.82) is 0 Å². The molecule has 0 spiro atoms. The molecule has 136 valence electrons. The highest BCUT2D eigenvalue weighted by Gasteiger charge is 2.32. The number of ether oxygens (including phenoxy) is 3. The van der Waals surface area contributed by atoms with Gasteiger partial charge in [-0.05, 0) is 37.3 Å². The van der Waals surface area contributed by atoms with Gasteiger partial charge in [-0.3, -0.25) is 9.69 Å². The van der Waals surface area contributed by atoms with Crippen LogP contribution in [0.5, 0.6) is 17.2 Å². The van der Waals surface area contributed by atoms with Gasteiger partial charge < -0.3 is 18.7 Å². The zero-order valence-electron chi connectivity index (χ0n) is 14.4. The Morgan fingerprint density at radius 3 is 2.89 bits per heavy atom. The molecule has 3 aromatic rings. The molecule has 8 nitrogen and oxygen atoms in total. The van der Waals surface area contributed by atoms with Crippen molar-refractivity contribution in [3.8, 4) is 28.6 Å². The van der Waals surface area contributed by atoms with Gasteiger partial charge in [-0.25, -0.2) is 0 Å². The Labute approximate surface area is 154 Å². The number of para-hydroxylation sites is 2. The average Bonchev–Trinajstić information content (AvgIpc) is 3.34. The molecule has 0 aliphatic carbocycles. The lowest BCUT2D eigenvalue weighted by atomic mass is 10.2. The van der Waals surface area contributed by atoms with Gasteiger partial charge in [-0.15, -0.1) is 0 Å². The van der Waals surface area contributed by atoms with Crippen molar-refractivity contribution < 1.29 is 23.5 Å². The second-order valence-corrected chi connectivity index (χ2v) is 6.23. The molecule has 5 rings (SSSR count). The molecule has 0 bridgehead atoms. The van der Waals surface area contributed by atoms with Gasteiger partial charge >= 0.3 is 0 Å². The number of fused-ring (bicyclic) bond motifs is 2. The summed E-state index contributed by atoms with van der Waals surface area (Å²) >= 11 is 0. The lowest BCUT2D eigenvalue weighted by molar-refractivity contribution is -0.125. The summed E-state index contributed by atoms with van der Waals surface area (Å²) in [6.07, 6.45) is -0.573. The third-order valence-corrected chi connectivity index (χ3v) is 4.47. The van der Waals surface area contributed by atoms with Crippen LogP contribution in [-0.2, 0) is 11.3 Å². The molecule has 0 N–H and O–H groups in total. The van der Waals surface area contributed by atoms with Crippen molar-refractivity contribution in [3.05, 3.63) is 48.4 Å². The van der Waals surface area contributed by atoms with Crippen LogP contribution in [0.3, 0.4) is 0 Å². The van der Waals surface area contributed by atoms with Crippen LogP contribution in [0.25, 0.3) is 11.4 Å². The van der Waals surface area contributed by atoms with E-state index in [1.165, 1.54) is 0 Å². The van der Waals surface area contributed by atoms with Crippen molar-refractivity contribution in [2.24, 2.45) is 0 Å². The molecule has 0 saturated heterocycles. The van der Waals surface area contributed by atoms with Crippen molar-refractivity contribution in [2.45, 2.75) is 19.6 Å². The average molecular weight is 365 g/mol. The van der Waals surface area contributed by atoms with Crippen LogP contribution in [0.1, 0.15) is 12.8 Å². The maximum absolute atomic E-state index is 12.6. The maximum Gasteiger partial charge on any atom is 0.268 e. The molecular weight excluding hydrogens is 350 g/mol. The van der Waals surface area contributed by atoms with E-state index >= 15 is 0 Å². The minimum atomic E-state index is -0.573. The number of aromatic nitrogens is 2. The summed E-state index contributed by atoms with van der Waals surface area (Å²) in [5.41, 5.74) is 1.43. The van der Waals surface area contributed by atoms with E-state index in [1.54, 1.807) is 24.0 Å². The third kappa shape index (κ3) is 2.66. The fourth-order valence-corrected chi connectivity index (χ4v) is 3.13. The van der Waals surface area contributed by atoms with E-state index in [0.29, 0.717) is 34.7 Å². The number of carbonyl (C=O) groups is 1. The smallest absolute Gasteiger partial charge is 0.268 e. The summed E-state index contributed by atoms with van der Waals surface area (Å²) in [6, 6.07) is 12.8. The first-order chi connectivity index (χ1) is 13.2. The Morgan fingerprint density at radius 1 is 1.11 bits per heavy atom. The summed E-state index contributed by atoms with van der Waals surface area (Å²) in [5.74, 6) is 2.58. The Hall–Kier alpha value is -3.55. The predicted octanol–water partition coefficient (Wildman–Crippen LogP) is 2.78. The standard InChI is InChI=1S/C19H15N3O5/c1-11-19(23)22(13-4-2-3-5-14(13)26-11)9-17-20-18(21-27-17)12-6-7-15-16(8-12)25-10-24-15/h2-8,11H,9-10H2,1H3/t11-/m0/s1. The van der Waals surface area contributed by atoms with Crippen LogP contribution in [0.4, 0.5) is 5.69 Å². The molecule has 2 aromatic carbocycles. The first-order valence-electron chi connectivity index (χ1n) is 8.49. The van der Waals surface area contributed by atoms with Gasteiger partial charge in [0.2, 0.25) is 18.5 Å². The van der Waals surface area contributed by atoms with Gasteiger partial charge in [0, 0.05) is 5.56 Å². The van der Waals surface area contributed by atoms with Crippen molar-refractivity contribution >= 4 is 11.6 Å². The minimum absolute atomic E-state index is 0.156. The molecule has 3 heterocycles. The van der Waals surface area contributed by atoms with Crippen LogP contribution >= 0.6 is 0 Å². The van der Waals surface area contributed by atoms with Gasteiger partial charge in [0.25, 0.3) is 5.91 Å². The topological polar surface area (TPSA) is 86.9 Å². The first-order valence-corrected chi connectivity index (χ1v) is 8.49. The lowest BCUT2D eigenvalue weighted by Crippen LogP contribution is -2.44. The van der Waals surface area contributed by atoms with E-state index in [2.05, 4.69) is 10.1 Å². The molecule has 1 aromatic heterocycles. The van der Waals surface area contributed by atoms with E-state index < -0.39 is 6.10 Å². The third-order valence-electron chi connectivity index (χ3n) is 4.47. The van der Waals surface area contributed by atoms with Gasteiger partial charge in [0.05, 0.1) is 5.69 Å². The monoisotopic (exact) mass is 365 g/mol. The molecule has 8 heteroatoms. The summed E-state index contributed by atoms with van der Waals surface area (Å²) < 4.78 is 21.7. The van der Waals surface area contributed by atoms with Crippen molar-refractivity contribution in [1.82, 2.24) is 10.1 Å². The van der Waals surface area contributed by atoms with Gasteiger partial charge in [-0.1, -0.05) is 17.3 Å². The molecule has 2 aliphatic heterocycles. The number of benzene rings is 2. The summed E-state index contributed by atoms with van der Waals surface area (Å²) in [6.45, 7) is 2.09. The zero-order chi connectivity index (χ0) is 18.4. The molecule has 0 fully saturated rings. The summed E-state index contributed by atoms with van der Waals surface area (Å²) in [7, 11) is 0. The quantitative estimate of drug-likeness (QED) is 0.705. The summed E-state index contributed by atoms with van der Waals surface area (Å²) in [4.78, 5) is 18.6. The maximum atomic E-state index is 12.6. The van der Waals surface area contributed by atoms with Crippen LogP contribution in [-0.4, -0.2) is 28.9 Å². The van der Waals surface area contributed by atoms with E-state index in [1.807, 2.05) is 30.3 Å². The highest BCUT2D eigenvalue weighted by atomic mass is 16.7. The SMILES string of the molecule is C[C@@H]1Oc2ccccc2N(Cc2nc(-c3ccc4c(c3)OCO4)no2)C1=O. The van der Waals surface area contributed by atoms with E-state index in [9.17, 15) is 4.79 Å².